The van der Waals surface area contributed by atoms with Gasteiger partial charge in [0.15, 0.2) is 5.78 Å². The SMILES string of the molecule is COc1cccc(F)c1C(=O)Cc1c(C)cc(C)cc1C. The van der Waals surface area contributed by atoms with Gasteiger partial charge in [-0.2, -0.15) is 0 Å². The first-order chi connectivity index (χ1) is 9.93. The summed E-state index contributed by atoms with van der Waals surface area (Å²) in [4.78, 5) is 12.5. The smallest absolute Gasteiger partial charge is 0.173 e. The van der Waals surface area contributed by atoms with E-state index >= 15 is 0 Å². The van der Waals surface area contributed by atoms with Crippen molar-refractivity contribution in [2.75, 3.05) is 7.11 Å². The van der Waals surface area contributed by atoms with E-state index in [1.54, 1.807) is 6.07 Å². The van der Waals surface area contributed by atoms with E-state index in [1.165, 1.54) is 19.2 Å². The molecule has 3 heteroatoms. The number of carbonyl (C=O) groups is 1. The molecule has 0 radical (unpaired) electrons. The zero-order chi connectivity index (χ0) is 15.6. The number of hydrogen-bond acceptors (Lipinski definition) is 2. The molecule has 0 aliphatic carbocycles. The maximum absolute atomic E-state index is 14.0. The van der Waals surface area contributed by atoms with Gasteiger partial charge in [-0.25, -0.2) is 4.39 Å². The fraction of sp³-hybridized carbons (Fsp3) is 0.278. The van der Waals surface area contributed by atoms with E-state index in [2.05, 4.69) is 0 Å². The van der Waals surface area contributed by atoms with Gasteiger partial charge in [0.2, 0.25) is 0 Å². The second-order valence-corrected chi connectivity index (χ2v) is 5.29. The van der Waals surface area contributed by atoms with Crippen LogP contribution in [0.3, 0.4) is 0 Å². The highest BCUT2D eigenvalue weighted by atomic mass is 19.1. The number of aryl methyl sites for hydroxylation is 3. The van der Waals surface area contributed by atoms with Crippen LogP contribution in [0.1, 0.15) is 32.6 Å². The van der Waals surface area contributed by atoms with Gasteiger partial charge >= 0.3 is 0 Å². The summed E-state index contributed by atoms with van der Waals surface area (Å²) < 4.78 is 19.1. The van der Waals surface area contributed by atoms with Crippen LogP contribution in [-0.2, 0) is 6.42 Å². The third-order valence-electron chi connectivity index (χ3n) is 3.65. The lowest BCUT2D eigenvalue weighted by atomic mass is 9.93. The summed E-state index contributed by atoms with van der Waals surface area (Å²) in [5.41, 5.74) is 4.24. The van der Waals surface area contributed by atoms with Gasteiger partial charge in [-0.1, -0.05) is 23.8 Å². The van der Waals surface area contributed by atoms with E-state index in [4.69, 9.17) is 4.74 Å². The van der Waals surface area contributed by atoms with Crippen molar-refractivity contribution in [3.05, 3.63) is 64.0 Å². The molecule has 0 aromatic heterocycles. The molecule has 0 saturated heterocycles. The number of methoxy groups -OCH3 is 1. The van der Waals surface area contributed by atoms with Gasteiger partial charge in [0, 0.05) is 6.42 Å². The van der Waals surface area contributed by atoms with Gasteiger partial charge in [0.05, 0.1) is 12.7 Å². The molecule has 2 rings (SSSR count). The molecule has 0 heterocycles. The highest BCUT2D eigenvalue weighted by Gasteiger charge is 2.19. The number of hydrogen-bond donors (Lipinski definition) is 0. The molecule has 0 fully saturated rings. The average Bonchev–Trinajstić information content (AvgIpc) is 2.42. The molecule has 0 unspecified atom stereocenters. The Labute approximate surface area is 124 Å². The average molecular weight is 286 g/mol. The van der Waals surface area contributed by atoms with Gasteiger partial charge < -0.3 is 4.74 Å². The van der Waals surface area contributed by atoms with Crippen LogP contribution in [0.5, 0.6) is 5.75 Å². The largest absolute Gasteiger partial charge is 0.496 e. The molecule has 21 heavy (non-hydrogen) atoms. The summed E-state index contributed by atoms with van der Waals surface area (Å²) in [5, 5.41) is 0. The highest BCUT2D eigenvalue weighted by molar-refractivity contribution is 6.00. The molecule has 0 amide bonds. The van der Waals surface area contributed by atoms with Crippen molar-refractivity contribution in [3.63, 3.8) is 0 Å². The summed E-state index contributed by atoms with van der Waals surface area (Å²) in [6, 6.07) is 8.49. The Morgan fingerprint density at radius 3 is 2.33 bits per heavy atom. The maximum atomic E-state index is 14.0. The monoisotopic (exact) mass is 286 g/mol. The number of rotatable bonds is 4. The Hall–Kier alpha value is -2.16. The summed E-state index contributed by atoms with van der Waals surface area (Å²) in [5.74, 6) is -0.524. The Bertz CT molecular complexity index is 667. The molecule has 0 aliphatic rings. The zero-order valence-electron chi connectivity index (χ0n) is 12.8. The quantitative estimate of drug-likeness (QED) is 0.788. The predicted octanol–water partition coefficient (Wildman–Crippen LogP) is 4.18. The summed E-state index contributed by atoms with van der Waals surface area (Å²) in [6.45, 7) is 5.97. The van der Waals surface area contributed by atoms with Crippen LogP contribution in [0.25, 0.3) is 0 Å². The standard InChI is InChI=1S/C18H19FO2/c1-11-8-12(2)14(13(3)9-11)10-16(20)18-15(19)6-5-7-17(18)21-4/h5-9H,10H2,1-4H3. The zero-order valence-corrected chi connectivity index (χ0v) is 12.8. The van der Waals surface area contributed by atoms with Crippen molar-refractivity contribution in [3.8, 4) is 5.75 Å². The number of ether oxygens (including phenoxy) is 1. The Morgan fingerprint density at radius 1 is 1.14 bits per heavy atom. The number of Topliss-reactive ketones (excluding diaryl/α,β-unsaturated/α-hetero) is 1. The van der Waals surface area contributed by atoms with E-state index < -0.39 is 5.82 Å². The Balaban J connectivity index is 2.40. The van der Waals surface area contributed by atoms with E-state index in [1.807, 2.05) is 32.9 Å². The minimum atomic E-state index is -0.540. The normalized spacial score (nSPS) is 10.5. The fourth-order valence-electron chi connectivity index (χ4n) is 2.68. The first kappa shape index (κ1) is 15.2. The number of ketones is 1. The van der Waals surface area contributed by atoms with Crippen LogP contribution < -0.4 is 4.74 Å². The topological polar surface area (TPSA) is 26.3 Å². The molecular formula is C18H19FO2. The number of benzene rings is 2. The molecule has 0 spiro atoms. The second kappa shape index (κ2) is 6.08. The maximum Gasteiger partial charge on any atom is 0.173 e. The predicted molar refractivity (Wildman–Crippen MR) is 81.6 cm³/mol. The Morgan fingerprint density at radius 2 is 1.76 bits per heavy atom. The molecule has 0 aliphatic heterocycles. The highest BCUT2D eigenvalue weighted by Crippen LogP contribution is 2.25. The Kier molecular flexibility index (Phi) is 4.41. The van der Waals surface area contributed by atoms with E-state index in [0.29, 0.717) is 0 Å². The second-order valence-electron chi connectivity index (χ2n) is 5.29. The molecular weight excluding hydrogens is 267 g/mol. The minimum Gasteiger partial charge on any atom is -0.496 e. The lowest BCUT2D eigenvalue weighted by molar-refractivity contribution is 0.0985. The minimum absolute atomic E-state index is 0.0272. The van der Waals surface area contributed by atoms with Crippen LogP contribution in [0.15, 0.2) is 30.3 Å². The molecule has 2 aromatic carbocycles. The lowest BCUT2D eigenvalue weighted by Crippen LogP contribution is -2.10. The van der Waals surface area contributed by atoms with Gasteiger partial charge in [0.1, 0.15) is 11.6 Å². The van der Waals surface area contributed by atoms with E-state index in [9.17, 15) is 9.18 Å². The lowest BCUT2D eigenvalue weighted by Gasteiger charge is -2.13. The van der Waals surface area contributed by atoms with Gasteiger partial charge in [-0.15, -0.1) is 0 Å². The van der Waals surface area contributed by atoms with E-state index in [-0.39, 0.29) is 23.5 Å². The van der Waals surface area contributed by atoms with Crippen molar-refractivity contribution >= 4 is 5.78 Å². The molecule has 0 atom stereocenters. The van der Waals surface area contributed by atoms with Crippen LogP contribution in [-0.4, -0.2) is 12.9 Å². The summed E-state index contributed by atoms with van der Waals surface area (Å²) in [6.07, 6.45) is 0.176. The summed E-state index contributed by atoms with van der Waals surface area (Å²) in [7, 11) is 1.44. The van der Waals surface area contributed by atoms with Crippen molar-refractivity contribution in [1.82, 2.24) is 0 Å². The molecule has 0 saturated carbocycles. The molecule has 0 N–H and O–H groups in total. The third kappa shape index (κ3) is 3.13. The van der Waals surface area contributed by atoms with Crippen molar-refractivity contribution in [2.24, 2.45) is 0 Å². The molecule has 2 nitrogen and oxygen atoms in total. The van der Waals surface area contributed by atoms with Gasteiger partial charge in [0.25, 0.3) is 0 Å². The van der Waals surface area contributed by atoms with Crippen molar-refractivity contribution in [2.45, 2.75) is 27.2 Å². The first-order valence-corrected chi connectivity index (χ1v) is 6.86. The molecule has 110 valence electrons. The van der Waals surface area contributed by atoms with Crippen LogP contribution in [0.4, 0.5) is 4.39 Å². The number of carbonyl (C=O) groups excluding carboxylic acids is 1. The third-order valence-corrected chi connectivity index (χ3v) is 3.65. The molecule has 2 aromatic rings. The van der Waals surface area contributed by atoms with Crippen LogP contribution in [0.2, 0.25) is 0 Å². The van der Waals surface area contributed by atoms with Gasteiger partial charge in [-0.05, 0) is 49.6 Å². The van der Waals surface area contributed by atoms with Crippen LogP contribution in [0, 0.1) is 26.6 Å². The first-order valence-electron chi connectivity index (χ1n) is 6.86. The number of halogens is 1. The molecule has 0 bridgehead atoms. The van der Waals surface area contributed by atoms with E-state index in [0.717, 1.165) is 22.3 Å². The summed E-state index contributed by atoms with van der Waals surface area (Å²) >= 11 is 0. The van der Waals surface area contributed by atoms with Crippen molar-refractivity contribution < 1.29 is 13.9 Å². The fourth-order valence-corrected chi connectivity index (χ4v) is 2.68. The van der Waals surface area contributed by atoms with Gasteiger partial charge in [-0.3, -0.25) is 4.79 Å². The van der Waals surface area contributed by atoms with Crippen molar-refractivity contribution in [1.29, 1.82) is 0 Å². The van der Waals surface area contributed by atoms with Crippen LogP contribution >= 0.6 is 0 Å².